The zero-order valence-corrected chi connectivity index (χ0v) is 16.6. The number of aromatic nitrogens is 6. The highest BCUT2D eigenvalue weighted by Crippen LogP contribution is 2.19. The minimum atomic E-state index is -0.609. The monoisotopic (exact) mass is 417 g/mol. The fraction of sp³-hybridized carbons (Fsp3) is 0.143. The van der Waals surface area contributed by atoms with E-state index in [-0.39, 0.29) is 18.7 Å². The van der Waals surface area contributed by atoms with Crippen molar-refractivity contribution < 1.29 is 9.90 Å². The highest BCUT2D eigenvalue weighted by molar-refractivity contribution is 5.94. The van der Waals surface area contributed by atoms with Gasteiger partial charge in [-0.25, -0.2) is 9.97 Å². The molecule has 0 atom stereocenters. The van der Waals surface area contributed by atoms with E-state index in [0.717, 1.165) is 10.2 Å². The van der Waals surface area contributed by atoms with E-state index in [0.29, 0.717) is 22.8 Å². The quantitative estimate of drug-likeness (QED) is 0.475. The second-order valence-electron chi connectivity index (χ2n) is 6.67. The molecule has 4 rings (SSSR count). The minimum Gasteiger partial charge on any atom is -0.395 e. The van der Waals surface area contributed by atoms with Crippen LogP contribution in [0.25, 0.3) is 28.3 Å². The number of hydrogen-bond donors (Lipinski definition) is 2. The Morgan fingerprint density at radius 1 is 1.10 bits per heavy atom. The van der Waals surface area contributed by atoms with E-state index >= 15 is 0 Å². The van der Waals surface area contributed by atoms with Crippen LogP contribution in [0, 0.1) is 0 Å². The number of hydrogen-bond acceptors (Lipinski definition) is 7. The highest BCUT2D eigenvalue weighted by atomic mass is 16.3. The van der Waals surface area contributed by atoms with Gasteiger partial charge in [-0.3, -0.25) is 14.3 Å². The third-order valence-corrected chi connectivity index (χ3v) is 4.47. The molecule has 3 heterocycles. The van der Waals surface area contributed by atoms with E-state index in [1.54, 1.807) is 25.6 Å². The molecule has 0 aliphatic heterocycles. The highest BCUT2D eigenvalue weighted by Gasteiger charge is 2.18. The number of rotatable bonds is 6. The summed E-state index contributed by atoms with van der Waals surface area (Å²) in [6.07, 6.45) is 6.27. The molecule has 156 valence electrons. The number of nitrogens with zero attached hydrogens (tertiary/aromatic N) is 6. The molecule has 0 saturated heterocycles. The van der Waals surface area contributed by atoms with Crippen molar-refractivity contribution in [3.8, 4) is 28.3 Å². The van der Waals surface area contributed by atoms with Gasteiger partial charge in [-0.15, -0.1) is 0 Å². The Morgan fingerprint density at radius 3 is 2.48 bits per heavy atom. The average molecular weight is 417 g/mol. The molecule has 10 heteroatoms. The van der Waals surface area contributed by atoms with Crippen LogP contribution in [0.2, 0.25) is 0 Å². The van der Waals surface area contributed by atoms with E-state index in [1.165, 1.54) is 16.9 Å². The van der Waals surface area contributed by atoms with Crippen LogP contribution in [0.15, 0.2) is 66.0 Å². The summed E-state index contributed by atoms with van der Waals surface area (Å²) < 4.78 is 2.64. The van der Waals surface area contributed by atoms with Gasteiger partial charge in [0, 0.05) is 37.1 Å². The number of aryl methyl sites for hydroxylation is 1. The summed E-state index contributed by atoms with van der Waals surface area (Å²) in [5.74, 6) is -0.0620. The lowest BCUT2D eigenvalue weighted by Crippen LogP contribution is -2.35. The molecule has 10 nitrogen and oxygen atoms in total. The molecule has 31 heavy (non-hydrogen) atoms. The molecule has 1 aromatic carbocycles. The van der Waals surface area contributed by atoms with Crippen molar-refractivity contribution in [1.29, 1.82) is 0 Å². The summed E-state index contributed by atoms with van der Waals surface area (Å²) in [4.78, 5) is 34.2. The third kappa shape index (κ3) is 4.23. The van der Waals surface area contributed by atoms with E-state index in [4.69, 9.17) is 5.11 Å². The topological polar surface area (TPSA) is 128 Å². The maximum absolute atomic E-state index is 12.9. The number of carbonyl (C=O) groups excluding carboxylic acids is 1. The Balaban J connectivity index is 1.79. The van der Waals surface area contributed by atoms with Crippen LogP contribution < -0.4 is 10.9 Å². The van der Waals surface area contributed by atoms with Gasteiger partial charge in [0.2, 0.25) is 0 Å². The molecule has 0 aliphatic rings. The van der Waals surface area contributed by atoms with Crippen LogP contribution in [0.3, 0.4) is 0 Å². The fourth-order valence-corrected chi connectivity index (χ4v) is 2.95. The molecular weight excluding hydrogens is 398 g/mol. The summed E-state index contributed by atoms with van der Waals surface area (Å²) in [6.45, 7) is -0.215. The average Bonchev–Trinajstić information content (AvgIpc) is 3.24. The van der Waals surface area contributed by atoms with Crippen LogP contribution in [-0.4, -0.2) is 53.7 Å². The fourth-order valence-electron chi connectivity index (χ4n) is 2.95. The Hall–Kier alpha value is -4.18. The lowest BCUT2D eigenvalue weighted by molar-refractivity contribution is 0.0942. The van der Waals surface area contributed by atoms with Crippen molar-refractivity contribution in [3.63, 3.8) is 0 Å². The van der Waals surface area contributed by atoms with Gasteiger partial charge in [0.1, 0.15) is 11.3 Å². The van der Waals surface area contributed by atoms with E-state index < -0.39 is 11.5 Å². The van der Waals surface area contributed by atoms with Gasteiger partial charge in [0.15, 0.2) is 5.82 Å². The van der Waals surface area contributed by atoms with Crippen LogP contribution in [0.5, 0.6) is 0 Å². The molecule has 3 aromatic heterocycles. The first-order chi connectivity index (χ1) is 15.1. The second kappa shape index (κ2) is 8.67. The number of nitrogens with one attached hydrogen (secondary N) is 1. The van der Waals surface area contributed by atoms with Gasteiger partial charge in [-0.1, -0.05) is 30.3 Å². The molecule has 1 amide bonds. The second-order valence-corrected chi connectivity index (χ2v) is 6.67. The molecule has 0 saturated carbocycles. The standard InChI is InChI=1S/C21H19N7O3/c1-27-13-16(12-25-27)28-21(31)17(20(30)22-7-8-29)9-18(26-28)15-10-23-19(24-11-15)14-5-3-2-4-6-14/h2-6,9-13,29H,7-8H2,1H3,(H,22,30). The predicted molar refractivity (Wildman–Crippen MR) is 112 cm³/mol. The van der Waals surface area contributed by atoms with Crippen molar-refractivity contribution in [1.82, 2.24) is 34.8 Å². The molecule has 0 unspecified atom stereocenters. The lowest BCUT2D eigenvalue weighted by Gasteiger charge is -2.10. The minimum absolute atomic E-state index is 0.0255. The van der Waals surface area contributed by atoms with Gasteiger partial charge in [0.25, 0.3) is 11.5 Å². The number of amides is 1. The molecule has 0 fully saturated rings. The van der Waals surface area contributed by atoms with Gasteiger partial charge >= 0.3 is 0 Å². The van der Waals surface area contributed by atoms with Gasteiger partial charge in [-0.2, -0.15) is 14.9 Å². The number of aliphatic hydroxyl groups is 1. The first-order valence-electron chi connectivity index (χ1n) is 9.47. The molecule has 0 aliphatic carbocycles. The lowest BCUT2D eigenvalue weighted by atomic mass is 10.1. The number of aliphatic hydroxyl groups excluding tert-OH is 1. The van der Waals surface area contributed by atoms with Gasteiger partial charge in [0.05, 0.1) is 24.7 Å². The SMILES string of the molecule is Cn1cc(-n2nc(-c3cnc(-c4ccccc4)nc3)cc(C(=O)NCCO)c2=O)cn1. The Kier molecular flexibility index (Phi) is 5.63. The summed E-state index contributed by atoms with van der Waals surface area (Å²) >= 11 is 0. The van der Waals surface area contributed by atoms with Crippen molar-refractivity contribution in [2.45, 2.75) is 0 Å². The predicted octanol–water partition coefficient (Wildman–Crippen LogP) is 0.812. The van der Waals surface area contributed by atoms with Crippen LogP contribution in [-0.2, 0) is 7.05 Å². The molecule has 0 spiro atoms. The molecule has 4 aromatic rings. The molecule has 0 bridgehead atoms. The number of benzene rings is 1. The smallest absolute Gasteiger partial charge is 0.284 e. The number of carbonyl (C=O) groups is 1. The zero-order chi connectivity index (χ0) is 21.8. The summed E-state index contributed by atoms with van der Waals surface area (Å²) in [5.41, 5.74) is 1.44. The van der Waals surface area contributed by atoms with E-state index in [2.05, 4.69) is 25.5 Å². The Bertz CT molecular complexity index is 1260. The molecule has 0 radical (unpaired) electrons. The Morgan fingerprint density at radius 2 is 1.84 bits per heavy atom. The third-order valence-electron chi connectivity index (χ3n) is 4.47. The normalized spacial score (nSPS) is 10.8. The van der Waals surface area contributed by atoms with Gasteiger partial charge in [-0.05, 0) is 6.07 Å². The van der Waals surface area contributed by atoms with Gasteiger partial charge < -0.3 is 10.4 Å². The van der Waals surface area contributed by atoms with E-state index in [9.17, 15) is 9.59 Å². The first-order valence-corrected chi connectivity index (χ1v) is 9.47. The summed E-state index contributed by atoms with van der Waals surface area (Å²) in [5, 5.41) is 19.9. The largest absolute Gasteiger partial charge is 0.395 e. The van der Waals surface area contributed by atoms with Crippen molar-refractivity contribution in [2.75, 3.05) is 13.2 Å². The molecule has 2 N–H and O–H groups in total. The summed E-state index contributed by atoms with van der Waals surface area (Å²) in [6, 6.07) is 10.9. The maximum atomic E-state index is 12.9. The van der Waals surface area contributed by atoms with Crippen LogP contribution in [0.1, 0.15) is 10.4 Å². The zero-order valence-electron chi connectivity index (χ0n) is 16.6. The van der Waals surface area contributed by atoms with Crippen molar-refractivity contribution in [3.05, 3.63) is 77.1 Å². The van der Waals surface area contributed by atoms with Crippen molar-refractivity contribution >= 4 is 5.91 Å². The van der Waals surface area contributed by atoms with Crippen LogP contribution >= 0.6 is 0 Å². The van der Waals surface area contributed by atoms with E-state index in [1.807, 2.05) is 30.3 Å². The molecular formula is C21H19N7O3. The first kappa shape index (κ1) is 20.1. The summed E-state index contributed by atoms with van der Waals surface area (Å²) in [7, 11) is 1.71. The van der Waals surface area contributed by atoms with Crippen molar-refractivity contribution in [2.24, 2.45) is 7.05 Å². The van der Waals surface area contributed by atoms with Crippen LogP contribution in [0.4, 0.5) is 0 Å². The maximum Gasteiger partial charge on any atom is 0.284 e. The Labute approximate surface area is 176 Å².